The van der Waals surface area contributed by atoms with Crippen LogP contribution in [0.25, 0.3) is 0 Å². The molecule has 2 aromatic carbocycles. The fourth-order valence-corrected chi connectivity index (χ4v) is 2.35. The van der Waals surface area contributed by atoms with E-state index in [-0.39, 0.29) is 11.9 Å². The first-order valence-corrected chi connectivity index (χ1v) is 7.34. The molecule has 0 aliphatic carbocycles. The summed E-state index contributed by atoms with van der Waals surface area (Å²) in [6.07, 6.45) is 0.693. The van der Waals surface area contributed by atoms with Crippen molar-refractivity contribution in [3.05, 3.63) is 70.2 Å². The van der Waals surface area contributed by atoms with Crippen molar-refractivity contribution in [1.82, 2.24) is 5.32 Å². The molecule has 0 fully saturated rings. The van der Waals surface area contributed by atoms with E-state index in [0.717, 1.165) is 11.1 Å². The van der Waals surface area contributed by atoms with Crippen LogP contribution >= 0.6 is 11.6 Å². The summed E-state index contributed by atoms with van der Waals surface area (Å²) < 4.78 is 0. The maximum Gasteiger partial charge on any atom is 0.252 e. The molecular formula is C17H19ClN2O. The van der Waals surface area contributed by atoms with Gasteiger partial charge < -0.3 is 11.1 Å². The fourth-order valence-electron chi connectivity index (χ4n) is 2.22. The Hall–Kier alpha value is -1.84. The van der Waals surface area contributed by atoms with E-state index in [2.05, 4.69) is 5.32 Å². The van der Waals surface area contributed by atoms with Crippen LogP contribution in [0.1, 0.15) is 34.5 Å². The molecule has 0 saturated carbocycles. The third-order valence-electron chi connectivity index (χ3n) is 3.39. The highest BCUT2D eigenvalue weighted by Gasteiger charge is 2.14. The van der Waals surface area contributed by atoms with Crippen LogP contribution in [0.5, 0.6) is 0 Å². The van der Waals surface area contributed by atoms with E-state index in [1.165, 1.54) is 0 Å². The number of nitrogens with one attached hydrogen (secondary N) is 1. The van der Waals surface area contributed by atoms with E-state index < -0.39 is 0 Å². The number of hydrogen-bond acceptors (Lipinski definition) is 2. The van der Waals surface area contributed by atoms with Crippen molar-refractivity contribution in [1.29, 1.82) is 0 Å². The number of benzene rings is 2. The van der Waals surface area contributed by atoms with Crippen molar-refractivity contribution in [2.45, 2.75) is 19.4 Å². The van der Waals surface area contributed by atoms with Crippen LogP contribution in [0, 0.1) is 0 Å². The first kappa shape index (κ1) is 15.5. The monoisotopic (exact) mass is 302 g/mol. The van der Waals surface area contributed by atoms with Crippen LogP contribution in [0.4, 0.5) is 0 Å². The summed E-state index contributed by atoms with van der Waals surface area (Å²) in [4.78, 5) is 12.4. The Balaban J connectivity index is 2.12. The van der Waals surface area contributed by atoms with Crippen LogP contribution in [-0.2, 0) is 6.42 Å². The molecule has 3 nitrogen and oxygen atoms in total. The summed E-state index contributed by atoms with van der Waals surface area (Å²) in [5.74, 6) is -0.0819. The standard InChI is InChI=1S/C17H19ClN2O/c1-12(13-6-8-15(18)9-7-13)20-17(21)16-5-3-2-4-14(16)10-11-19/h2-9,12H,10-11,19H2,1H3,(H,20,21)/t12-/m0/s1. The number of halogens is 1. The van der Waals surface area contributed by atoms with Crippen molar-refractivity contribution >= 4 is 17.5 Å². The van der Waals surface area contributed by atoms with Gasteiger partial charge in [-0.3, -0.25) is 4.79 Å². The summed E-state index contributed by atoms with van der Waals surface area (Å²) in [5.41, 5.74) is 8.27. The fraction of sp³-hybridized carbons (Fsp3) is 0.235. The molecule has 0 spiro atoms. The second-order valence-electron chi connectivity index (χ2n) is 4.94. The number of carbonyl (C=O) groups excluding carboxylic acids is 1. The van der Waals surface area contributed by atoms with E-state index in [0.29, 0.717) is 23.6 Å². The van der Waals surface area contributed by atoms with Crippen molar-refractivity contribution in [3.63, 3.8) is 0 Å². The largest absolute Gasteiger partial charge is 0.346 e. The predicted octanol–water partition coefficient (Wildman–Crippen LogP) is 3.33. The van der Waals surface area contributed by atoms with Gasteiger partial charge in [-0.25, -0.2) is 0 Å². The molecule has 2 aromatic rings. The molecule has 0 heterocycles. The van der Waals surface area contributed by atoms with Gasteiger partial charge in [0.1, 0.15) is 0 Å². The van der Waals surface area contributed by atoms with Gasteiger partial charge in [0.25, 0.3) is 5.91 Å². The molecule has 2 rings (SSSR count). The number of rotatable bonds is 5. The lowest BCUT2D eigenvalue weighted by Crippen LogP contribution is -2.27. The summed E-state index contributed by atoms with van der Waals surface area (Å²) in [7, 11) is 0. The van der Waals surface area contributed by atoms with E-state index >= 15 is 0 Å². The van der Waals surface area contributed by atoms with Gasteiger partial charge in [-0.2, -0.15) is 0 Å². The molecule has 0 aliphatic rings. The van der Waals surface area contributed by atoms with E-state index in [1.54, 1.807) is 0 Å². The van der Waals surface area contributed by atoms with Crippen molar-refractivity contribution in [2.75, 3.05) is 6.54 Å². The molecule has 0 unspecified atom stereocenters. The third-order valence-corrected chi connectivity index (χ3v) is 3.65. The molecule has 1 atom stereocenters. The lowest BCUT2D eigenvalue weighted by molar-refractivity contribution is 0.0939. The lowest BCUT2D eigenvalue weighted by atomic mass is 10.0. The molecule has 0 aliphatic heterocycles. The third kappa shape index (κ3) is 4.06. The summed E-state index contributed by atoms with van der Waals surface area (Å²) in [6.45, 7) is 2.48. The Kier molecular flexibility index (Phi) is 5.37. The topological polar surface area (TPSA) is 55.1 Å². The first-order chi connectivity index (χ1) is 10.1. The molecule has 4 heteroatoms. The average Bonchev–Trinajstić information content (AvgIpc) is 2.48. The number of amides is 1. The Bertz CT molecular complexity index is 610. The Morgan fingerprint density at radius 1 is 1.19 bits per heavy atom. The summed E-state index contributed by atoms with van der Waals surface area (Å²) in [5, 5.41) is 3.69. The van der Waals surface area contributed by atoms with Gasteiger partial charge in [0.2, 0.25) is 0 Å². The predicted molar refractivity (Wildman–Crippen MR) is 86.5 cm³/mol. The zero-order valence-corrected chi connectivity index (χ0v) is 12.7. The quantitative estimate of drug-likeness (QED) is 0.890. The minimum atomic E-state index is -0.0827. The first-order valence-electron chi connectivity index (χ1n) is 6.96. The SMILES string of the molecule is C[C@H](NC(=O)c1ccccc1CCN)c1ccc(Cl)cc1. The molecule has 0 saturated heterocycles. The lowest BCUT2D eigenvalue weighted by Gasteiger charge is -2.16. The van der Waals surface area contributed by atoms with Gasteiger partial charge in [0.05, 0.1) is 6.04 Å². The van der Waals surface area contributed by atoms with Crippen LogP contribution in [0.2, 0.25) is 5.02 Å². The van der Waals surface area contributed by atoms with Gasteiger partial charge in [-0.1, -0.05) is 41.9 Å². The highest BCUT2D eigenvalue weighted by Crippen LogP contribution is 2.17. The Morgan fingerprint density at radius 2 is 1.86 bits per heavy atom. The van der Waals surface area contributed by atoms with Crippen LogP contribution < -0.4 is 11.1 Å². The Morgan fingerprint density at radius 3 is 2.52 bits per heavy atom. The second kappa shape index (κ2) is 7.25. The van der Waals surface area contributed by atoms with Crippen LogP contribution in [0.15, 0.2) is 48.5 Å². The molecule has 21 heavy (non-hydrogen) atoms. The highest BCUT2D eigenvalue weighted by molar-refractivity contribution is 6.30. The summed E-state index contributed by atoms with van der Waals surface area (Å²) >= 11 is 5.87. The van der Waals surface area contributed by atoms with Gasteiger partial charge in [-0.05, 0) is 49.2 Å². The molecular weight excluding hydrogens is 284 g/mol. The van der Waals surface area contributed by atoms with Crippen molar-refractivity contribution in [3.8, 4) is 0 Å². The molecule has 0 bridgehead atoms. The van der Waals surface area contributed by atoms with Gasteiger partial charge in [0, 0.05) is 10.6 Å². The maximum atomic E-state index is 12.4. The van der Waals surface area contributed by atoms with E-state index in [1.807, 2.05) is 55.5 Å². The smallest absolute Gasteiger partial charge is 0.252 e. The number of nitrogens with two attached hydrogens (primary N) is 1. The number of hydrogen-bond donors (Lipinski definition) is 2. The van der Waals surface area contributed by atoms with Gasteiger partial charge in [0.15, 0.2) is 0 Å². The minimum Gasteiger partial charge on any atom is -0.346 e. The molecule has 0 radical (unpaired) electrons. The number of carbonyl (C=O) groups is 1. The van der Waals surface area contributed by atoms with Crippen molar-refractivity contribution in [2.24, 2.45) is 5.73 Å². The zero-order chi connectivity index (χ0) is 15.2. The molecule has 0 aromatic heterocycles. The van der Waals surface area contributed by atoms with E-state index in [4.69, 9.17) is 17.3 Å². The Labute approximate surface area is 130 Å². The van der Waals surface area contributed by atoms with Crippen LogP contribution in [0.3, 0.4) is 0 Å². The zero-order valence-electron chi connectivity index (χ0n) is 12.0. The molecule has 3 N–H and O–H groups in total. The average molecular weight is 303 g/mol. The van der Waals surface area contributed by atoms with Crippen molar-refractivity contribution < 1.29 is 4.79 Å². The minimum absolute atomic E-state index is 0.0819. The summed E-state index contributed by atoms with van der Waals surface area (Å²) in [6, 6.07) is 14.9. The molecule has 1 amide bonds. The second-order valence-corrected chi connectivity index (χ2v) is 5.38. The normalized spacial score (nSPS) is 12.0. The van der Waals surface area contributed by atoms with Gasteiger partial charge >= 0.3 is 0 Å². The maximum absolute atomic E-state index is 12.4. The van der Waals surface area contributed by atoms with Crippen LogP contribution in [-0.4, -0.2) is 12.5 Å². The van der Waals surface area contributed by atoms with Gasteiger partial charge in [-0.15, -0.1) is 0 Å². The molecule has 110 valence electrons. The van der Waals surface area contributed by atoms with E-state index in [9.17, 15) is 4.79 Å². The highest BCUT2D eigenvalue weighted by atomic mass is 35.5.